The molecular weight excluding hydrogens is 248 g/mol. The Morgan fingerprint density at radius 3 is 2.56 bits per heavy atom. The number of sulfone groups is 1. The van der Waals surface area contributed by atoms with Crippen LogP contribution in [-0.2, 0) is 14.6 Å². The van der Waals surface area contributed by atoms with Gasteiger partial charge in [0.05, 0.1) is 10.5 Å². The summed E-state index contributed by atoms with van der Waals surface area (Å²) in [7, 11) is -3.29. The van der Waals surface area contributed by atoms with Crippen LogP contribution in [-0.4, -0.2) is 24.9 Å². The number of hydrogen-bond acceptors (Lipinski definition) is 3. The fourth-order valence-corrected chi connectivity index (χ4v) is 6.50. The minimum atomic E-state index is -3.29. The number of benzene rings is 1. The summed E-state index contributed by atoms with van der Waals surface area (Å²) in [5, 5.41) is -0.475. The predicted molar refractivity (Wildman–Crippen MR) is 67.2 cm³/mol. The van der Waals surface area contributed by atoms with Gasteiger partial charge in [-0.2, -0.15) is 0 Å². The fraction of sp³-hybridized carbons (Fsp3) is 0.429. The molecule has 1 aromatic carbocycles. The van der Waals surface area contributed by atoms with Crippen LogP contribution >= 0.6 is 0 Å². The van der Waals surface area contributed by atoms with Gasteiger partial charge in [-0.25, -0.2) is 8.42 Å². The van der Waals surface area contributed by atoms with Gasteiger partial charge in [0.1, 0.15) is 10.9 Å². The SMILES string of the molecule is CC12C=CC(C)(O1)C1C2c2ccccc2S1(=O)=O. The maximum atomic E-state index is 12.7. The van der Waals surface area contributed by atoms with Crippen LogP contribution < -0.4 is 0 Å². The molecule has 4 heteroatoms. The standard InChI is InChI=1S/C14H14O3S/c1-13-7-8-14(2,17-13)12-11(13)9-5-3-4-6-10(9)18(12,15)16/h3-8,11-12H,1-2H3. The van der Waals surface area contributed by atoms with Gasteiger partial charge in [-0.1, -0.05) is 30.4 Å². The van der Waals surface area contributed by atoms with Crippen LogP contribution in [0, 0.1) is 0 Å². The molecule has 0 aromatic heterocycles. The summed E-state index contributed by atoms with van der Waals surface area (Å²) in [5.41, 5.74) is -0.255. The molecule has 3 heterocycles. The highest BCUT2D eigenvalue weighted by atomic mass is 32.2. The molecule has 3 aliphatic rings. The van der Waals surface area contributed by atoms with Gasteiger partial charge in [0.2, 0.25) is 0 Å². The van der Waals surface area contributed by atoms with Crippen molar-refractivity contribution in [1.82, 2.24) is 0 Å². The van der Waals surface area contributed by atoms with Gasteiger partial charge in [-0.15, -0.1) is 0 Å². The van der Waals surface area contributed by atoms with E-state index in [4.69, 9.17) is 4.74 Å². The molecule has 4 unspecified atom stereocenters. The van der Waals surface area contributed by atoms with E-state index in [1.807, 2.05) is 38.1 Å². The van der Waals surface area contributed by atoms with Gasteiger partial charge >= 0.3 is 0 Å². The van der Waals surface area contributed by atoms with Gasteiger partial charge in [-0.05, 0) is 25.5 Å². The van der Waals surface area contributed by atoms with Crippen molar-refractivity contribution in [3.8, 4) is 0 Å². The molecule has 0 N–H and O–H groups in total. The highest BCUT2D eigenvalue weighted by molar-refractivity contribution is 7.92. The summed E-state index contributed by atoms with van der Waals surface area (Å²) in [6.45, 7) is 3.86. The maximum Gasteiger partial charge on any atom is 0.185 e. The molecule has 1 aromatic rings. The Morgan fingerprint density at radius 2 is 1.78 bits per heavy atom. The van der Waals surface area contributed by atoms with Crippen LogP contribution in [0.15, 0.2) is 41.3 Å². The number of rotatable bonds is 0. The van der Waals surface area contributed by atoms with E-state index in [1.165, 1.54) is 0 Å². The molecule has 1 fully saturated rings. The zero-order valence-corrected chi connectivity index (χ0v) is 11.1. The van der Waals surface area contributed by atoms with Crippen molar-refractivity contribution >= 4 is 9.84 Å². The van der Waals surface area contributed by atoms with Crippen molar-refractivity contribution in [3.63, 3.8) is 0 Å². The monoisotopic (exact) mass is 262 g/mol. The van der Waals surface area contributed by atoms with Crippen molar-refractivity contribution < 1.29 is 13.2 Å². The lowest BCUT2D eigenvalue weighted by Gasteiger charge is -2.26. The molecule has 0 amide bonds. The van der Waals surface area contributed by atoms with Crippen molar-refractivity contribution in [2.45, 2.75) is 41.1 Å². The lowest BCUT2D eigenvalue weighted by atomic mass is 9.76. The lowest BCUT2D eigenvalue weighted by molar-refractivity contribution is -0.0143. The van der Waals surface area contributed by atoms with E-state index in [-0.39, 0.29) is 5.92 Å². The highest BCUT2D eigenvalue weighted by Gasteiger charge is 2.68. The Labute approximate surface area is 106 Å². The molecule has 4 atom stereocenters. The highest BCUT2D eigenvalue weighted by Crippen LogP contribution is 2.61. The molecule has 0 aliphatic carbocycles. The molecular formula is C14H14O3S. The fourth-order valence-electron chi connectivity index (χ4n) is 3.92. The van der Waals surface area contributed by atoms with E-state index in [0.717, 1.165) is 5.56 Å². The lowest BCUT2D eigenvalue weighted by Crippen LogP contribution is -2.39. The Hall–Kier alpha value is -1.13. The zero-order valence-electron chi connectivity index (χ0n) is 10.3. The van der Waals surface area contributed by atoms with Gasteiger partial charge in [-0.3, -0.25) is 0 Å². The topological polar surface area (TPSA) is 43.4 Å². The second-order valence-electron chi connectivity index (χ2n) is 5.78. The first kappa shape index (κ1) is 10.8. The maximum absolute atomic E-state index is 12.7. The number of fused-ring (bicyclic) bond motifs is 7. The third-order valence-corrected chi connectivity index (χ3v) is 6.96. The summed E-state index contributed by atoms with van der Waals surface area (Å²) in [6.07, 6.45) is 3.93. The average molecular weight is 262 g/mol. The molecule has 1 saturated heterocycles. The molecule has 18 heavy (non-hydrogen) atoms. The van der Waals surface area contributed by atoms with Crippen LogP contribution in [0.2, 0.25) is 0 Å². The molecule has 94 valence electrons. The minimum absolute atomic E-state index is 0.0753. The Balaban J connectivity index is 2.09. The molecule has 0 radical (unpaired) electrons. The smallest absolute Gasteiger partial charge is 0.185 e. The molecule has 3 aliphatic heterocycles. The molecule has 0 spiro atoms. The van der Waals surface area contributed by atoms with E-state index in [9.17, 15) is 8.42 Å². The van der Waals surface area contributed by atoms with Crippen LogP contribution in [0.5, 0.6) is 0 Å². The molecule has 2 bridgehead atoms. The largest absolute Gasteiger partial charge is 0.359 e. The normalized spacial score (nSPS) is 46.1. The summed E-state index contributed by atoms with van der Waals surface area (Å²) < 4.78 is 31.4. The van der Waals surface area contributed by atoms with Crippen LogP contribution in [0.4, 0.5) is 0 Å². The first-order chi connectivity index (χ1) is 8.39. The van der Waals surface area contributed by atoms with Gasteiger partial charge in [0.25, 0.3) is 0 Å². The van der Waals surface area contributed by atoms with Gasteiger partial charge < -0.3 is 4.74 Å². The summed E-state index contributed by atoms with van der Waals surface area (Å²) in [6, 6.07) is 7.33. The zero-order chi connectivity index (χ0) is 12.8. The van der Waals surface area contributed by atoms with Crippen LogP contribution in [0.1, 0.15) is 25.3 Å². The van der Waals surface area contributed by atoms with Crippen molar-refractivity contribution in [2.75, 3.05) is 0 Å². The van der Waals surface area contributed by atoms with E-state index in [0.29, 0.717) is 4.90 Å². The van der Waals surface area contributed by atoms with E-state index in [1.54, 1.807) is 12.1 Å². The summed E-state index contributed by atoms with van der Waals surface area (Å²) in [5.74, 6) is -0.0753. The minimum Gasteiger partial charge on any atom is -0.359 e. The van der Waals surface area contributed by atoms with Gasteiger partial charge in [0, 0.05) is 5.92 Å². The molecule has 0 saturated carbocycles. The first-order valence-electron chi connectivity index (χ1n) is 6.12. The quantitative estimate of drug-likeness (QED) is 0.672. The average Bonchev–Trinajstić information content (AvgIpc) is 2.84. The second-order valence-corrected chi connectivity index (χ2v) is 7.82. The van der Waals surface area contributed by atoms with E-state index in [2.05, 4.69) is 0 Å². The van der Waals surface area contributed by atoms with Crippen LogP contribution in [0.25, 0.3) is 0 Å². The van der Waals surface area contributed by atoms with Gasteiger partial charge in [0.15, 0.2) is 9.84 Å². The third-order valence-electron chi connectivity index (χ3n) is 4.57. The van der Waals surface area contributed by atoms with E-state index >= 15 is 0 Å². The Kier molecular flexibility index (Phi) is 1.63. The van der Waals surface area contributed by atoms with Crippen molar-refractivity contribution in [2.24, 2.45) is 0 Å². The Morgan fingerprint density at radius 1 is 1.11 bits per heavy atom. The number of ether oxygens (including phenoxy) is 1. The van der Waals surface area contributed by atoms with Crippen LogP contribution in [0.3, 0.4) is 0 Å². The van der Waals surface area contributed by atoms with Crippen molar-refractivity contribution in [3.05, 3.63) is 42.0 Å². The number of hydrogen-bond donors (Lipinski definition) is 0. The second kappa shape index (κ2) is 2.73. The molecule has 4 rings (SSSR count). The van der Waals surface area contributed by atoms with E-state index < -0.39 is 26.3 Å². The predicted octanol–water partition coefficient (Wildman–Crippen LogP) is 2.04. The summed E-state index contributed by atoms with van der Waals surface area (Å²) in [4.78, 5) is 0.490. The summed E-state index contributed by atoms with van der Waals surface area (Å²) >= 11 is 0. The molecule has 3 nitrogen and oxygen atoms in total. The Bertz CT molecular complexity index is 691. The third kappa shape index (κ3) is 0.950. The van der Waals surface area contributed by atoms with Crippen molar-refractivity contribution in [1.29, 1.82) is 0 Å². The first-order valence-corrected chi connectivity index (χ1v) is 7.67.